The molecule has 1 aromatic rings. The van der Waals surface area contributed by atoms with Crippen LogP contribution in [-0.4, -0.2) is 19.2 Å². The second-order valence-electron chi connectivity index (χ2n) is 5.23. The number of rotatable bonds is 9. The van der Waals surface area contributed by atoms with Crippen molar-refractivity contribution in [2.24, 2.45) is 5.92 Å². The van der Waals surface area contributed by atoms with E-state index in [1.165, 1.54) is 25.7 Å². The zero-order valence-electron chi connectivity index (χ0n) is 11.4. The van der Waals surface area contributed by atoms with Crippen molar-refractivity contribution in [1.82, 2.24) is 5.32 Å². The van der Waals surface area contributed by atoms with E-state index in [2.05, 4.69) is 12.2 Å². The van der Waals surface area contributed by atoms with Crippen LogP contribution in [0.3, 0.4) is 0 Å². The Morgan fingerprint density at radius 1 is 1.22 bits per heavy atom. The third-order valence-electron chi connectivity index (χ3n) is 3.59. The molecule has 1 fully saturated rings. The number of hydrogen-bond donors (Lipinski definition) is 1. The van der Waals surface area contributed by atoms with Gasteiger partial charge in [-0.25, -0.2) is 0 Å². The lowest BCUT2D eigenvalue weighted by Gasteiger charge is -2.18. The summed E-state index contributed by atoms with van der Waals surface area (Å²) in [5, 5.41) is 3.57. The Labute approximate surface area is 111 Å². The Bertz CT molecular complexity index is 321. The van der Waals surface area contributed by atoms with Crippen LogP contribution in [0.15, 0.2) is 30.3 Å². The van der Waals surface area contributed by atoms with Gasteiger partial charge in [-0.05, 0) is 43.9 Å². The van der Waals surface area contributed by atoms with Gasteiger partial charge in [-0.15, -0.1) is 0 Å². The van der Waals surface area contributed by atoms with Gasteiger partial charge < -0.3 is 10.1 Å². The Balaban J connectivity index is 1.64. The molecular formula is C16H25NO. The Morgan fingerprint density at radius 2 is 2.00 bits per heavy atom. The van der Waals surface area contributed by atoms with Crippen LogP contribution in [0.2, 0.25) is 0 Å². The summed E-state index contributed by atoms with van der Waals surface area (Å²) in [6.45, 7) is 4.05. The minimum atomic E-state index is 0.624. The fourth-order valence-corrected chi connectivity index (χ4v) is 2.32. The van der Waals surface area contributed by atoms with E-state index in [1.807, 2.05) is 30.3 Å². The molecule has 1 aliphatic carbocycles. The monoisotopic (exact) mass is 247 g/mol. The van der Waals surface area contributed by atoms with Gasteiger partial charge in [0.2, 0.25) is 0 Å². The lowest BCUT2D eigenvalue weighted by molar-refractivity contribution is 0.279. The predicted molar refractivity (Wildman–Crippen MR) is 76.0 cm³/mol. The van der Waals surface area contributed by atoms with E-state index in [1.54, 1.807) is 0 Å². The van der Waals surface area contributed by atoms with E-state index in [0.717, 1.165) is 31.2 Å². The fourth-order valence-electron chi connectivity index (χ4n) is 2.32. The van der Waals surface area contributed by atoms with Crippen LogP contribution in [0.25, 0.3) is 0 Å². The molecule has 1 saturated carbocycles. The van der Waals surface area contributed by atoms with Crippen molar-refractivity contribution in [3.05, 3.63) is 30.3 Å². The van der Waals surface area contributed by atoms with Crippen LogP contribution >= 0.6 is 0 Å². The molecule has 1 unspecified atom stereocenters. The van der Waals surface area contributed by atoms with Gasteiger partial charge in [-0.3, -0.25) is 0 Å². The molecule has 0 spiro atoms. The van der Waals surface area contributed by atoms with Crippen LogP contribution in [0.4, 0.5) is 0 Å². The first-order valence-electron chi connectivity index (χ1n) is 7.29. The van der Waals surface area contributed by atoms with Gasteiger partial charge in [0.1, 0.15) is 5.75 Å². The molecule has 2 rings (SSSR count). The minimum Gasteiger partial charge on any atom is -0.494 e. The van der Waals surface area contributed by atoms with Crippen molar-refractivity contribution in [2.75, 3.05) is 13.2 Å². The van der Waals surface area contributed by atoms with E-state index in [9.17, 15) is 0 Å². The first-order valence-corrected chi connectivity index (χ1v) is 7.29. The molecule has 1 aliphatic rings. The molecule has 1 N–H and O–H groups in total. The summed E-state index contributed by atoms with van der Waals surface area (Å²) in [4.78, 5) is 0. The van der Waals surface area contributed by atoms with E-state index in [-0.39, 0.29) is 0 Å². The maximum Gasteiger partial charge on any atom is 0.119 e. The molecule has 0 saturated heterocycles. The van der Waals surface area contributed by atoms with E-state index in [0.29, 0.717) is 6.04 Å². The largest absolute Gasteiger partial charge is 0.494 e. The molecule has 0 radical (unpaired) electrons. The van der Waals surface area contributed by atoms with Gasteiger partial charge in [0, 0.05) is 6.04 Å². The summed E-state index contributed by atoms with van der Waals surface area (Å²) in [6.07, 6.45) is 6.72. The normalized spacial score (nSPS) is 16.5. The highest BCUT2D eigenvalue weighted by molar-refractivity contribution is 5.20. The number of hydrogen-bond acceptors (Lipinski definition) is 2. The van der Waals surface area contributed by atoms with Gasteiger partial charge in [0.05, 0.1) is 6.61 Å². The fraction of sp³-hybridized carbons (Fsp3) is 0.625. The van der Waals surface area contributed by atoms with E-state index >= 15 is 0 Å². The van der Waals surface area contributed by atoms with Crippen molar-refractivity contribution in [1.29, 1.82) is 0 Å². The number of ether oxygens (including phenoxy) is 1. The SMILES string of the molecule is CCNC(CCOc1ccccc1)CCC1CC1. The van der Waals surface area contributed by atoms with Crippen molar-refractivity contribution in [3.63, 3.8) is 0 Å². The predicted octanol–water partition coefficient (Wildman–Crippen LogP) is 3.62. The summed E-state index contributed by atoms with van der Waals surface area (Å²) >= 11 is 0. The molecule has 0 bridgehead atoms. The smallest absolute Gasteiger partial charge is 0.119 e. The molecule has 0 heterocycles. The van der Waals surface area contributed by atoms with Crippen molar-refractivity contribution >= 4 is 0 Å². The van der Waals surface area contributed by atoms with E-state index < -0.39 is 0 Å². The van der Waals surface area contributed by atoms with Gasteiger partial charge in [0.15, 0.2) is 0 Å². The van der Waals surface area contributed by atoms with Gasteiger partial charge in [0.25, 0.3) is 0 Å². The van der Waals surface area contributed by atoms with Gasteiger partial charge >= 0.3 is 0 Å². The zero-order chi connectivity index (χ0) is 12.6. The molecule has 0 aliphatic heterocycles. The average molecular weight is 247 g/mol. The van der Waals surface area contributed by atoms with Crippen molar-refractivity contribution < 1.29 is 4.74 Å². The Morgan fingerprint density at radius 3 is 2.67 bits per heavy atom. The number of nitrogens with one attached hydrogen (secondary N) is 1. The van der Waals surface area contributed by atoms with Crippen molar-refractivity contribution in [3.8, 4) is 5.75 Å². The standard InChI is InChI=1S/C16H25NO/c1-2-17-15(11-10-14-8-9-14)12-13-18-16-6-4-3-5-7-16/h3-7,14-15,17H,2,8-13H2,1H3. The Kier molecular flexibility index (Phi) is 5.53. The lowest BCUT2D eigenvalue weighted by Crippen LogP contribution is -2.30. The molecule has 0 aromatic heterocycles. The second-order valence-corrected chi connectivity index (χ2v) is 5.23. The van der Waals surface area contributed by atoms with Gasteiger partial charge in [-0.2, -0.15) is 0 Å². The summed E-state index contributed by atoms with van der Waals surface area (Å²) < 4.78 is 5.77. The zero-order valence-corrected chi connectivity index (χ0v) is 11.4. The summed E-state index contributed by atoms with van der Waals surface area (Å²) in [5.41, 5.74) is 0. The summed E-state index contributed by atoms with van der Waals surface area (Å²) in [5.74, 6) is 2.01. The molecule has 2 nitrogen and oxygen atoms in total. The van der Waals surface area contributed by atoms with Crippen LogP contribution in [0.1, 0.15) is 39.0 Å². The summed E-state index contributed by atoms with van der Waals surface area (Å²) in [7, 11) is 0. The Hall–Kier alpha value is -1.02. The average Bonchev–Trinajstić information content (AvgIpc) is 3.21. The molecule has 18 heavy (non-hydrogen) atoms. The first kappa shape index (κ1) is 13.4. The highest BCUT2D eigenvalue weighted by Gasteiger charge is 2.22. The van der Waals surface area contributed by atoms with Crippen molar-refractivity contribution in [2.45, 2.75) is 45.1 Å². The highest BCUT2D eigenvalue weighted by atomic mass is 16.5. The van der Waals surface area contributed by atoms with Crippen LogP contribution in [-0.2, 0) is 0 Å². The molecule has 1 atom stereocenters. The molecule has 2 heteroatoms. The maximum absolute atomic E-state index is 5.77. The summed E-state index contributed by atoms with van der Waals surface area (Å²) in [6, 6.07) is 10.7. The van der Waals surface area contributed by atoms with E-state index in [4.69, 9.17) is 4.74 Å². The topological polar surface area (TPSA) is 21.3 Å². The molecule has 0 amide bonds. The van der Waals surface area contributed by atoms with Crippen LogP contribution in [0.5, 0.6) is 5.75 Å². The second kappa shape index (κ2) is 7.42. The molecular weight excluding hydrogens is 222 g/mol. The highest BCUT2D eigenvalue weighted by Crippen LogP contribution is 2.34. The first-order chi connectivity index (χ1) is 8.88. The molecule has 1 aromatic carbocycles. The van der Waals surface area contributed by atoms with Crippen LogP contribution in [0, 0.1) is 5.92 Å². The quantitative estimate of drug-likeness (QED) is 0.719. The lowest BCUT2D eigenvalue weighted by atomic mass is 10.1. The number of para-hydroxylation sites is 1. The number of benzene rings is 1. The molecule has 100 valence electrons. The van der Waals surface area contributed by atoms with Crippen LogP contribution < -0.4 is 10.1 Å². The third kappa shape index (κ3) is 5.09. The third-order valence-corrected chi connectivity index (χ3v) is 3.59. The minimum absolute atomic E-state index is 0.624. The maximum atomic E-state index is 5.77. The van der Waals surface area contributed by atoms with Gasteiger partial charge in [-0.1, -0.05) is 38.0 Å².